The number of nitrogens with zero attached hydrogens (tertiary/aromatic N) is 1. The third-order valence-corrected chi connectivity index (χ3v) is 3.35. The van der Waals surface area contributed by atoms with E-state index < -0.39 is 0 Å². The molecule has 0 N–H and O–H groups in total. The molecule has 1 heterocycles. The van der Waals surface area contributed by atoms with Gasteiger partial charge in [-0.25, -0.2) is 0 Å². The van der Waals surface area contributed by atoms with E-state index in [1.54, 1.807) is 0 Å². The van der Waals surface area contributed by atoms with Gasteiger partial charge in [0.1, 0.15) is 0 Å². The van der Waals surface area contributed by atoms with E-state index in [9.17, 15) is 0 Å². The first-order chi connectivity index (χ1) is 6.17. The summed E-state index contributed by atoms with van der Waals surface area (Å²) in [5.41, 5.74) is 0.492. The summed E-state index contributed by atoms with van der Waals surface area (Å²) in [5, 5.41) is 0. The molecule has 0 aromatic rings. The van der Waals surface area contributed by atoms with Crippen LogP contribution in [0, 0.1) is 0 Å². The molecule has 0 amide bonds. The van der Waals surface area contributed by atoms with Crippen molar-refractivity contribution in [2.75, 3.05) is 13.1 Å². The van der Waals surface area contributed by atoms with Crippen LogP contribution in [0.2, 0.25) is 0 Å². The largest absolute Gasteiger partial charge is 0.298 e. The third kappa shape index (κ3) is 3.30. The number of likely N-dealkylation sites (tertiary alicyclic amines) is 1. The fourth-order valence-electron chi connectivity index (χ4n) is 2.31. The second-order valence-electron chi connectivity index (χ2n) is 4.96. The molecule has 0 saturated carbocycles. The van der Waals surface area contributed by atoms with Crippen LogP contribution in [-0.4, -0.2) is 23.5 Å². The van der Waals surface area contributed by atoms with Crippen LogP contribution in [0.4, 0.5) is 0 Å². The molecular weight excluding hydrogens is 158 g/mol. The van der Waals surface area contributed by atoms with Gasteiger partial charge in [0.25, 0.3) is 0 Å². The van der Waals surface area contributed by atoms with E-state index in [1.807, 2.05) is 0 Å². The Kier molecular flexibility index (Phi) is 4.24. The van der Waals surface area contributed by atoms with Crippen LogP contribution in [-0.2, 0) is 0 Å². The maximum atomic E-state index is 2.67. The molecule has 78 valence electrons. The summed E-state index contributed by atoms with van der Waals surface area (Å²) in [5.74, 6) is 0. The Hall–Kier alpha value is -0.0400. The van der Waals surface area contributed by atoms with Gasteiger partial charge in [0.2, 0.25) is 0 Å². The Morgan fingerprint density at radius 1 is 1.15 bits per heavy atom. The Bertz CT molecular complexity index is 140. The predicted octanol–water partition coefficient (Wildman–Crippen LogP) is 3.44. The van der Waals surface area contributed by atoms with E-state index >= 15 is 0 Å². The lowest BCUT2D eigenvalue weighted by Gasteiger charge is -2.31. The van der Waals surface area contributed by atoms with E-state index in [-0.39, 0.29) is 0 Å². The molecular formula is C12H25N. The van der Waals surface area contributed by atoms with Crippen molar-refractivity contribution in [1.82, 2.24) is 4.90 Å². The first-order valence-corrected chi connectivity index (χ1v) is 5.92. The summed E-state index contributed by atoms with van der Waals surface area (Å²) >= 11 is 0. The molecule has 0 aromatic heterocycles. The van der Waals surface area contributed by atoms with E-state index in [4.69, 9.17) is 0 Å². The molecule has 0 aromatic carbocycles. The van der Waals surface area contributed by atoms with Gasteiger partial charge in [-0.1, -0.05) is 26.2 Å². The minimum absolute atomic E-state index is 0.492. The predicted molar refractivity (Wildman–Crippen MR) is 59.0 cm³/mol. The van der Waals surface area contributed by atoms with Crippen LogP contribution in [0.5, 0.6) is 0 Å². The average molecular weight is 183 g/mol. The zero-order valence-electron chi connectivity index (χ0n) is 9.60. The van der Waals surface area contributed by atoms with Crippen LogP contribution in [0.3, 0.4) is 0 Å². The number of hydrogen-bond acceptors (Lipinski definition) is 1. The van der Waals surface area contributed by atoms with Crippen LogP contribution >= 0.6 is 0 Å². The van der Waals surface area contributed by atoms with Crippen molar-refractivity contribution < 1.29 is 0 Å². The standard InChI is InChI=1S/C12H25N/c1-4-5-6-7-10-13-11-8-9-12(13,2)3/h4-11H2,1-3H3. The van der Waals surface area contributed by atoms with Gasteiger partial charge in [-0.15, -0.1) is 0 Å². The van der Waals surface area contributed by atoms with E-state index in [2.05, 4.69) is 25.7 Å². The quantitative estimate of drug-likeness (QED) is 0.590. The Balaban J connectivity index is 2.14. The summed E-state index contributed by atoms with van der Waals surface area (Å²) in [7, 11) is 0. The third-order valence-electron chi connectivity index (χ3n) is 3.35. The molecule has 1 fully saturated rings. The summed E-state index contributed by atoms with van der Waals surface area (Å²) in [6, 6.07) is 0. The van der Waals surface area contributed by atoms with Crippen molar-refractivity contribution in [3.8, 4) is 0 Å². The van der Waals surface area contributed by atoms with Gasteiger partial charge >= 0.3 is 0 Å². The lowest BCUT2D eigenvalue weighted by atomic mass is 10.0. The monoisotopic (exact) mass is 183 g/mol. The molecule has 0 radical (unpaired) electrons. The second-order valence-corrected chi connectivity index (χ2v) is 4.96. The molecule has 1 aliphatic heterocycles. The normalized spacial score (nSPS) is 22.4. The van der Waals surface area contributed by atoms with E-state index in [0.29, 0.717) is 5.54 Å². The molecule has 0 unspecified atom stereocenters. The number of unbranched alkanes of at least 4 members (excludes halogenated alkanes) is 3. The molecule has 13 heavy (non-hydrogen) atoms. The Morgan fingerprint density at radius 2 is 1.92 bits per heavy atom. The van der Waals surface area contributed by atoms with Crippen LogP contribution in [0.15, 0.2) is 0 Å². The average Bonchev–Trinajstić information content (AvgIpc) is 2.40. The fraction of sp³-hybridized carbons (Fsp3) is 1.00. The summed E-state index contributed by atoms with van der Waals surface area (Å²) in [6.07, 6.45) is 8.37. The maximum absolute atomic E-state index is 2.67. The second kappa shape index (κ2) is 4.99. The number of hydrogen-bond donors (Lipinski definition) is 0. The molecule has 1 nitrogen and oxygen atoms in total. The van der Waals surface area contributed by atoms with Gasteiger partial charge in [-0.2, -0.15) is 0 Å². The Labute approximate surface area is 83.5 Å². The van der Waals surface area contributed by atoms with E-state index in [1.165, 1.54) is 51.6 Å². The van der Waals surface area contributed by atoms with Crippen molar-refractivity contribution in [1.29, 1.82) is 0 Å². The van der Waals surface area contributed by atoms with Gasteiger partial charge in [-0.05, 0) is 46.2 Å². The van der Waals surface area contributed by atoms with Crippen LogP contribution in [0.25, 0.3) is 0 Å². The van der Waals surface area contributed by atoms with E-state index in [0.717, 1.165) is 0 Å². The maximum Gasteiger partial charge on any atom is 0.0153 e. The van der Waals surface area contributed by atoms with Crippen LogP contribution < -0.4 is 0 Å². The van der Waals surface area contributed by atoms with Crippen molar-refractivity contribution in [3.63, 3.8) is 0 Å². The molecule has 1 aliphatic rings. The first kappa shape index (κ1) is 11.0. The van der Waals surface area contributed by atoms with Gasteiger partial charge in [0.15, 0.2) is 0 Å². The van der Waals surface area contributed by atoms with Gasteiger partial charge < -0.3 is 0 Å². The Morgan fingerprint density at radius 3 is 2.46 bits per heavy atom. The molecule has 0 aliphatic carbocycles. The highest BCUT2D eigenvalue weighted by molar-refractivity contribution is 4.87. The van der Waals surface area contributed by atoms with Crippen LogP contribution in [0.1, 0.15) is 59.3 Å². The molecule has 0 atom stereocenters. The zero-order chi connectivity index (χ0) is 9.73. The minimum Gasteiger partial charge on any atom is -0.298 e. The number of rotatable bonds is 5. The molecule has 0 bridgehead atoms. The highest BCUT2D eigenvalue weighted by Gasteiger charge is 2.30. The summed E-state index contributed by atoms with van der Waals surface area (Å²) in [4.78, 5) is 2.67. The summed E-state index contributed by atoms with van der Waals surface area (Å²) in [6.45, 7) is 9.71. The smallest absolute Gasteiger partial charge is 0.0153 e. The first-order valence-electron chi connectivity index (χ1n) is 5.92. The molecule has 1 heteroatoms. The lowest BCUT2D eigenvalue weighted by molar-refractivity contribution is 0.171. The highest BCUT2D eigenvalue weighted by Crippen LogP contribution is 2.28. The topological polar surface area (TPSA) is 3.24 Å². The highest BCUT2D eigenvalue weighted by atomic mass is 15.2. The molecule has 0 spiro atoms. The lowest BCUT2D eigenvalue weighted by Crippen LogP contribution is -2.38. The molecule has 1 saturated heterocycles. The minimum atomic E-state index is 0.492. The SMILES string of the molecule is CCCCCCN1CCCC1(C)C. The van der Waals surface area contributed by atoms with Crippen molar-refractivity contribution in [3.05, 3.63) is 0 Å². The fourth-order valence-corrected chi connectivity index (χ4v) is 2.31. The van der Waals surface area contributed by atoms with Gasteiger partial charge in [0, 0.05) is 5.54 Å². The zero-order valence-corrected chi connectivity index (χ0v) is 9.60. The van der Waals surface area contributed by atoms with Crippen molar-refractivity contribution in [2.24, 2.45) is 0 Å². The van der Waals surface area contributed by atoms with Gasteiger partial charge in [-0.3, -0.25) is 4.90 Å². The van der Waals surface area contributed by atoms with Crippen molar-refractivity contribution >= 4 is 0 Å². The van der Waals surface area contributed by atoms with Crippen molar-refractivity contribution in [2.45, 2.75) is 64.8 Å². The van der Waals surface area contributed by atoms with Gasteiger partial charge in [0.05, 0.1) is 0 Å². The summed E-state index contributed by atoms with van der Waals surface area (Å²) < 4.78 is 0. The molecule has 1 rings (SSSR count).